The highest BCUT2D eigenvalue weighted by molar-refractivity contribution is 5.85. The maximum absolute atomic E-state index is 11.6. The molecule has 27 heavy (non-hydrogen) atoms. The number of rotatable bonds is 6. The van der Waals surface area contributed by atoms with E-state index in [4.69, 9.17) is 4.74 Å². The molecule has 0 saturated heterocycles. The fourth-order valence-corrected chi connectivity index (χ4v) is 6.67. The first kappa shape index (κ1) is 20.5. The number of nitrogens with zero attached hydrogens (tertiary/aromatic N) is 1. The van der Waals surface area contributed by atoms with Crippen molar-refractivity contribution in [2.75, 3.05) is 18.1 Å². The third-order valence-corrected chi connectivity index (χ3v) is 7.03. The average Bonchev–Trinajstić information content (AvgIpc) is 2.56. The summed E-state index contributed by atoms with van der Waals surface area (Å²) in [6.07, 6.45) is 6.35. The molecule has 1 aromatic carbocycles. The Balaban J connectivity index is 0.00000210. The summed E-state index contributed by atoms with van der Waals surface area (Å²) in [7, 11) is 0. The van der Waals surface area contributed by atoms with Gasteiger partial charge in [-0.2, -0.15) is 0 Å². The summed E-state index contributed by atoms with van der Waals surface area (Å²) in [5.41, 5.74) is 0.712. The van der Waals surface area contributed by atoms with E-state index in [0.717, 1.165) is 38.6 Å². The number of benzene rings is 1. The fraction of sp³-hybridized carbons (Fsp3) is 0.682. The van der Waals surface area contributed by atoms with E-state index in [0.29, 0.717) is 18.4 Å². The van der Waals surface area contributed by atoms with E-state index >= 15 is 0 Å². The third-order valence-electron chi connectivity index (χ3n) is 7.03. The molecule has 0 heterocycles. The van der Waals surface area contributed by atoms with E-state index in [1.807, 2.05) is 6.07 Å². The van der Waals surface area contributed by atoms with Crippen LogP contribution in [0, 0.1) is 17.3 Å². The second-order valence-corrected chi connectivity index (χ2v) is 8.99. The van der Waals surface area contributed by atoms with Crippen LogP contribution in [0.5, 0.6) is 0 Å². The van der Waals surface area contributed by atoms with Crippen LogP contribution in [0.3, 0.4) is 0 Å². The van der Waals surface area contributed by atoms with Crippen molar-refractivity contribution in [1.82, 2.24) is 0 Å². The van der Waals surface area contributed by atoms with Gasteiger partial charge in [-0.3, -0.25) is 4.79 Å². The van der Waals surface area contributed by atoms with Gasteiger partial charge < -0.3 is 14.7 Å². The van der Waals surface area contributed by atoms with E-state index in [1.165, 1.54) is 19.0 Å². The molecule has 4 saturated carbocycles. The van der Waals surface area contributed by atoms with Crippen molar-refractivity contribution in [3.63, 3.8) is 0 Å². The van der Waals surface area contributed by atoms with Gasteiger partial charge in [0.05, 0.1) is 11.6 Å². The number of halogens is 1. The van der Waals surface area contributed by atoms with E-state index in [-0.39, 0.29) is 29.8 Å². The minimum absolute atomic E-state index is 0. The van der Waals surface area contributed by atoms with Crippen molar-refractivity contribution in [3.8, 4) is 0 Å². The summed E-state index contributed by atoms with van der Waals surface area (Å²) in [5, 5.41) is 11.2. The molecule has 5 heteroatoms. The van der Waals surface area contributed by atoms with E-state index in [1.54, 1.807) is 0 Å². The predicted molar refractivity (Wildman–Crippen MR) is 109 cm³/mol. The number of hydrogen-bond donors (Lipinski definition) is 1. The van der Waals surface area contributed by atoms with Crippen LogP contribution in [-0.4, -0.2) is 35.9 Å². The topological polar surface area (TPSA) is 49.8 Å². The number of anilines is 1. The molecule has 4 bridgehead atoms. The van der Waals surface area contributed by atoms with Gasteiger partial charge in [-0.1, -0.05) is 18.2 Å². The molecule has 0 radical (unpaired) electrons. The summed E-state index contributed by atoms with van der Waals surface area (Å²) in [5.74, 6) is 1.02. The van der Waals surface area contributed by atoms with Gasteiger partial charge in [-0.05, 0) is 74.8 Å². The quantitative estimate of drug-likeness (QED) is 0.736. The Bertz CT molecular complexity index is 651. The van der Waals surface area contributed by atoms with E-state index in [9.17, 15) is 9.90 Å². The van der Waals surface area contributed by atoms with Gasteiger partial charge in [-0.25, -0.2) is 0 Å². The summed E-state index contributed by atoms with van der Waals surface area (Å²) >= 11 is 0. The zero-order chi connectivity index (χ0) is 18.4. The van der Waals surface area contributed by atoms with Gasteiger partial charge in [0.1, 0.15) is 6.61 Å². The lowest BCUT2D eigenvalue weighted by molar-refractivity contribution is -0.176. The van der Waals surface area contributed by atoms with Crippen molar-refractivity contribution in [3.05, 3.63) is 30.3 Å². The van der Waals surface area contributed by atoms with Gasteiger partial charge in [-0.15, -0.1) is 12.4 Å². The number of hydrogen-bond acceptors (Lipinski definition) is 4. The SMILES string of the molecule is CCN(c1ccccc1)C(COC(C)=O)C12CC3CC(CC(O)(C3)C1)C2.Cl. The largest absolute Gasteiger partial charge is 0.464 e. The summed E-state index contributed by atoms with van der Waals surface area (Å²) in [6, 6.07) is 10.6. The Kier molecular flexibility index (Phi) is 5.79. The van der Waals surface area contributed by atoms with Crippen molar-refractivity contribution < 1.29 is 14.6 Å². The maximum Gasteiger partial charge on any atom is 0.302 e. The van der Waals surface area contributed by atoms with Gasteiger partial charge in [0, 0.05) is 19.2 Å². The zero-order valence-corrected chi connectivity index (χ0v) is 17.2. The molecule has 0 aliphatic heterocycles. The van der Waals surface area contributed by atoms with E-state index in [2.05, 4.69) is 36.1 Å². The molecule has 4 fully saturated rings. The first-order chi connectivity index (χ1) is 12.4. The first-order valence-electron chi connectivity index (χ1n) is 10.1. The molecule has 0 spiro atoms. The van der Waals surface area contributed by atoms with Crippen LogP contribution in [0.2, 0.25) is 0 Å². The van der Waals surface area contributed by atoms with Gasteiger partial charge in [0.25, 0.3) is 0 Å². The van der Waals surface area contributed by atoms with Crippen LogP contribution in [-0.2, 0) is 9.53 Å². The Morgan fingerprint density at radius 3 is 2.37 bits per heavy atom. The molecular formula is C22H32ClNO3. The lowest BCUT2D eigenvalue weighted by Gasteiger charge is -2.63. The minimum atomic E-state index is -0.505. The van der Waals surface area contributed by atoms with Crippen LogP contribution >= 0.6 is 12.4 Å². The van der Waals surface area contributed by atoms with Crippen molar-refractivity contribution in [2.45, 2.75) is 64.0 Å². The van der Waals surface area contributed by atoms with Gasteiger partial charge >= 0.3 is 5.97 Å². The molecule has 4 aliphatic rings. The molecule has 150 valence electrons. The smallest absolute Gasteiger partial charge is 0.302 e. The molecular weight excluding hydrogens is 362 g/mol. The lowest BCUT2D eigenvalue weighted by atomic mass is 9.46. The van der Waals surface area contributed by atoms with Crippen LogP contribution in [0.1, 0.15) is 52.4 Å². The highest BCUT2D eigenvalue weighted by Crippen LogP contribution is 2.63. The molecule has 3 unspecified atom stereocenters. The van der Waals surface area contributed by atoms with E-state index < -0.39 is 5.60 Å². The zero-order valence-electron chi connectivity index (χ0n) is 16.4. The van der Waals surface area contributed by atoms with Crippen molar-refractivity contribution in [1.29, 1.82) is 0 Å². The highest BCUT2D eigenvalue weighted by Gasteiger charge is 2.60. The normalized spacial score (nSPS) is 34.6. The number of para-hydroxylation sites is 1. The second kappa shape index (κ2) is 7.63. The van der Waals surface area contributed by atoms with Crippen LogP contribution < -0.4 is 4.90 Å². The summed E-state index contributed by atoms with van der Waals surface area (Å²) in [4.78, 5) is 14.0. The maximum atomic E-state index is 11.6. The molecule has 5 rings (SSSR count). The first-order valence-corrected chi connectivity index (χ1v) is 10.1. The number of esters is 1. The molecule has 0 amide bonds. The number of ether oxygens (including phenoxy) is 1. The molecule has 4 nitrogen and oxygen atoms in total. The monoisotopic (exact) mass is 393 g/mol. The Morgan fingerprint density at radius 1 is 1.22 bits per heavy atom. The predicted octanol–water partition coefficient (Wildman–Crippen LogP) is 4.20. The molecule has 1 N–H and O–H groups in total. The van der Waals surface area contributed by atoms with Crippen LogP contribution in [0.15, 0.2) is 30.3 Å². The average molecular weight is 394 g/mol. The molecule has 4 aliphatic carbocycles. The van der Waals surface area contributed by atoms with Crippen molar-refractivity contribution in [2.24, 2.45) is 17.3 Å². The van der Waals surface area contributed by atoms with Gasteiger partial charge in [0.15, 0.2) is 0 Å². The Hall–Kier alpha value is -1.26. The number of likely N-dealkylation sites (N-methyl/N-ethyl adjacent to an activating group) is 1. The van der Waals surface area contributed by atoms with Crippen LogP contribution in [0.25, 0.3) is 0 Å². The molecule has 3 atom stereocenters. The molecule has 0 aromatic heterocycles. The summed E-state index contributed by atoms with van der Waals surface area (Å²) in [6.45, 7) is 4.94. The minimum Gasteiger partial charge on any atom is -0.464 e. The highest BCUT2D eigenvalue weighted by atomic mass is 35.5. The van der Waals surface area contributed by atoms with Crippen LogP contribution in [0.4, 0.5) is 5.69 Å². The number of carbonyl (C=O) groups is 1. The molecule has 1 aromatic rings. The van der Waals surface area contributed by atoms with Crippen molar-refractivity contribution >= 4 is 24.1 Å². The lowest BCUT2D eigenvalue weighted by Crippen LogP contribution is -2.63. The fourth-order valence-electron chi connectivity index (χ4n) is 6.67. The standard InChI is InChI=1S/C22H31NO3.ClH/c1-3-23(19-7-5-4-6-8-19)20(14-26-16(2)24)21-10-17-9-18(11-21)13-22(25,12-17)15-21;/h4-8,17-18,20,25H,3,9-15H2,1-2H3;1H. The number of aliphatic hydroxyl groups is 1. The Labute approximate surface area is 168 Å². The second-order valence-electron chi connectivity index (χ2n) is 8.99. The summed E-state index contributed by atoms with van der Waals surface area (Å²) < 4.78 is 5.57. The number of carbonyl (C=O) groups excluding carboxylic acids is 1. The van der Waals surface area contributed by atoms with Gasteiger partial charge in [0.2, 0.25) is 0 Å². The Morgan fingerprint density at radius 2 is 1.85 bits per heavy atom. The third kappa shape index (κ3) is 3.84.